The van der Waals surface area contributed by atoms with E-state index in [-0.39, 0.29) is 10.4 Å². The first kappa shape index (κ1) is 23.9. The molecule has 0 heterocycles. The lowest BCUT2D eigenvalue weighted by Gasteiger charge is -2.23. The minimum atomic E-state index is -4.75. The van der Waals surface area contributed by atoms with Gasteiger partial charge in [0.15, 0.2) is 0 Å². The van der Waals surface area contributed by atoms with Gasteiger partial charge >= 0.3 is 6.18 Å². The standard InChI is InChI=1S/C16H22ClF3N2O3S2/c1-15(2,3)26-8-7-21-14(23)10-22(27(4,24)25)11-5-6-13(17)12(9-11)16(18,19)20/h5-6,9H,7-8,10H2,1-4H3,(H,21,23). The van der Waals surface area contributed by atoms with Crippen molar-refractivity contribution in [1.82, 2.24) is 5.32 Å². The Morgan fingerprint density at radius 2 is 1.85 bits per heavy atom. The molecule has 0 aliphatic rings. The maximum absolute atomic E-state index is 13.0. The molecule has 1 N–H and O–H groups in total. The van der Waals surface area contributed by atoms with E-state index in [4.69, 9.17) is 11.6 Å². The lowest BCUT2D eigenvalue weighted by molar-refractivity contribution is -0.137. The van der Waals surface area contributed by atoms with E-state index in [1.54, 1.807) is 11.8 Å². The van der Waals surface area contributed by atoms with Crippen LogP contribution in [0.2, 0.25) is 5.02 Å². The first-order valence-corrected chi connectivity index (χ1v) is 11.1. The third kappa shape index (κ3) is 8.18. The van der Waals surface area contributed by atoms with Gasteiger partial charge in [-0.15, -0.1) is 0 Å². The fourth-order valence-electron chi connectivity index (χ4n) is 2.02. The fourth-order valence-corrected chi connectivity index (χ4v) is 3.91. The highest BCUT2D eigenvalue weighted by Crippen LogP contribution is 2.37. The Hall–Kier alpha value is -1.13. The van der Waals surface area contributed by atoms with Crippen LogP contribution >= 0.6 is 23.4 Å². The number of benzene rings is 1. The number of anilines is 1. The number of nitrogens with one attached hydrogen (secondary N) is 1. The molecule has 5 nitrogen and oxygen atoms in total. The fraction of sp³-hybridized carbons (Fsp3) is 0.562. The predicted molar refractivity (Wildman–Crippen MR) is 104 cm³/mol. The van der Waals surface area contributed by atoms with Crippen molar-refractivity contribution in [2.75, 3.05) is 29.4 Å². The van der Waals surface area contributed by atoms with Gasteiger partial charge in [0.05, 0.1) is 22.5 Å². The maximum Gasteiger partial charge on any atom is 0.417 e. The summed E-state index contributed by atoms with van der Waals surface area (Å²) in [4.78, 5) is 12.1. The second-order valence-corrected chi connectivity index (χ2v) is 11.0. The summed E-state index contributed by atoms with van der Waals surface area (Å²) < 4.78 is 63.7. The van der Waals surface area contributed by atoms with Gasteiger partial charge in [-0.1, -0.05) is 32.4 Å². The Morgan fingerprint density at radius 1 is 1.26 bits per heavy atom. The molecule has 0 fully saturated rings. The molecule has 0 atom stereocenters. The van der Waals surface area contributed by atoms with Crippen molar-refractivity contribution < 1.29 is 26.4 Å². The van der Waals surface area contributed by atoms with E-state index in [0.29, 0.717) is 22.7 Å². The summed E-state index contributed by atoms with van der Waals surface area (Å²) in [5.74, 6) is 0.00578. The van der Waals surface area contributed by atoms with Gasteiger partial charge < -0.3 is 5.32 Å². The van der Waals surface area contributed by atoms with Gasteiger partial charge in [-0.3, -0.25) is 9.10 Å². The summed E-state index contributed by atoms with van der Waals surface area (Å²) in [5, 5.41) is 2.02. The molecule has 0 aliphatic carbocycles. The molecule has 0 spiro atoms. The van der Waals surface area contributed by atoms with Gasteiger partial charge in [-0.2, -0.15) is 24.9 Å². The molecule has 1 rings (SSSR count). The summed E-state index contributed by atoms with van der Waals surface area (Å²) in [5.41, 5.74) is -1.45. The third-order valence-electron chi connectivity index (χ3n) is 3.19. The number of thioether (sulfide) groups is 1. The van der Waals surface area contributed by atoms with Crippen LogP contribution in [0, 0.1) is 0 Å². The highest BCUT2D eigenvalue weighted by atomic mass is 35.5. The van der Waals surface area contributed by atoms with Gasteiger partial charge in [-0.25, -0.2) is 8.42 Å². The third-order valence-corrected chi connectivity index (χ3v) is 5.93. The molecule has 154 valence electrons. The Kier molecular flexibility index (Phi) is 7.89. The molecule has 1 amide bonds. The van der Waals surface area contributed by atoms with E-state index in [0.717, 1.165) is 18.4 Å². The van der Waals surface area contributed by atoms with E-state index in [2.05, 4.69) is 5.32 Å². The summed E-state index contributed by atoms with van der Waals surface area (Å²) in [6, 6.07) is 2.70. The normalized spacial score (nSPS) is 12.7. The molecule has 0 saturated heterocycles. The van der Waals surface area contributed by atoms with Crippen molar-refractivity contribution in [2.45, 2.75) is 31.7 Å². The van der Waals surface area contributed by atoms with Crippen LogP contribution in [0.5, 0.6) is 0 Å². The highest BCUT2D eigenvalue weighted by molar-refractivity contribution is 8.00. The summed E-state index contributed by atoms with van der Waals surface area (Å²) >= 11 is 7.17. The zero-order valence-corrected chi connectivity index (χ0v) is 17.7. The largest absolute Gasteiger partial charge is 0.417 e. The number of rotatable bonds is 7. The lowest BCUT2D eigenvalue weighted by Crippen LogP contribution is -2.41. The molecule has 0 unspecified atom stereocenters. The number of hydrogen-bond acceptors (Lipinski definition) is 4. The van der Waals surface area contributed by atoms with Crippen LogP contribution in [0.1, 0.15) is 26.3 Å². The molecular weight excluding hydrogens is 425 g/mol. The van der Waals surface area contributed by atoms with Gasteiger partial charge in [0.25, 0.3) is 0 Å². The smallest absolute Gasteiger partial charge is 0.354 e. The van der Waals surface area contributed by atoms with Crippen LogP contribution in [-0.4, -0.2) is 44.2 Å². The van der Waals surface area contributed by atoms with Gasteiger partial charge in [0.1, 0.15) is 6.54 Å². The van der Waals surface area contributed by atoms with E-state index >= 15 is 0 Å². The topological polar surface area (TPSA) is 66.5 Å². The van der Waals surface area contributed by atoms with Crippen LogP contribution < -0.4 is 9.62 Å². The predicted octanol–water partition coefficient (Wildman–Crippen LogP) is 3.77. The molecule has 11 heteroatoms. The zero-order chi connectivity index (χ0) is 21.0. The molecule has 0 saturated carbocycles. The molecule has 1 aromatic carbocycles. The minimum absolute atomic E-state index is 0.0147. The summed E-state index contributed by atoms with van der Waals surface area (Å²) in [6.45, 7) is 5.74. The van der Waals surface area contributed by atoms with Crippen molar-refractivity contribution in [3.8, 4) is 0 Å². The quantitative estimate of drug-likeness (QED) is 0.647. The highest BCUT2D eigenvalue weighted by Gasteiger charge is 2.34. The number of amides is 1. The van der Waals surface area contributed by atoms with Crippen LogP contribution in [0.25, 0.3) is 0 Å². The second-order valence-electron chi connectivity index (χ2n) is 6.74. The van der Waals surface area contributed by atoms with Gasteiger partial charge in [-0.05, 0) is 18.2 Å². The Labute approximate surface area is 166 Å². The number of carbonyl (C=O) groups excluding carboxylic acids is 1. The molecule has 27 heavy (non-hydrogen) atoms. The SMILES string of the molecule is CC(C)(C)SCCNC(=O)CN(c1ccc(Cl)c(C(F)(F)F)c1)S(C)(=O)=O. The summed E-state index contributed by atoms with van der Waals surface area (Å²) in [6.07, 6.45) is -3.93. The van der Waals surface area contributed by atoms with Gasteiger partial charge in [0.2, 0.25) is 15.9 Å². The van der Waals surface area contributed by atoms with E-state index in [1.807, 2.05) is 20.8 Å². The van der Waals surface area contributed by atoms with Crippen molar-refractivity contribution in [3.05, 3.63) is 28.8 Å². The number of hydrogen-bond donors (Lipinski definition) is 1. The molecule has 1 aromatic rings. The molecule has 0 aliphatic heterocycles. The number of carbonyl (C=O) groups is 1. The maximum atomic E-state index is 13.0. The van der Waals surface area contributed by atoms with E-state index in [1.165, 1.54) is 0 Å². The second kappa shape index (κ2) is 8.91. The molecule has 0 radical (unpaired) electrons. The monoisotopic (exact) mass is 446 g/mol. The Balaban J connectivity index is 2.94. The van der Waals surface area contributed by atoms with Crippen molar-refractivity contribution in [3.63, 3.8) is 0 Å². The molecule has 0 bridgehead atoms. The first-order chi connectivity index (χ1) is 12.1. The van der Waals surface area contributed by atoms with Crippen LogP contribution in [-0.2, 0) is 21.0 Å². The van der Waals surface area contributed by atoms with Crippen molar-refractivity contribution in [1.29, 1.82) is 0 Å². The zero-order valence-electron chi connectivity index (χ0n) is 15.4. The Bertz CT molecular complexity index is 778. The number of halogens is 4. The first-order valence-electron chi connectivity index (χ1n) is 7.86. The molecular formula is C16H22ClF3N2O3S2. The number of nitrogens with zero attached hydrogens (tertiary/aromatic N) is 1. The number of sulfonamides is 1. The van der Waals surface area contributed by atoms with Crippen LogP contribution in [0.15, 0.2) is 18.2 Å². The lowest BCUT2D eigenvalue weighted by atomic mass is 10.2. The molecule has 0 aromatic heterocycles. The minimum Gasteiger partial charge on any atom is -0.354 e. The van der Waals surface area contributed by atoms with Crippen molar-refractivity contribution in [2.24, 2.45) is 0 Å². The van der Waals surface area contributed by atoms with Crippen LogP contribution in [0.3, 0.4) is 0 Å². The van der Waals surface area contributed by atoms with Crippen molar-refractivity contribution >= 4 is 45.0 Å². The summed E-state index contributed by atoms with van der Waals surface area (Å²) in [7, 11) is -3.99. The number of alkyl halides is 3. The van der Waals surface area contributed by atoms with Crippen LogP contribution in [0.4, 0.5) is 18.9 Å². The van der Waals surface area contributed by atoms with E-state index < -0.39 is 39.2 Å². The van der Waals surface area contributed by atoms with Gasteiger partial charge in [0, 0.05) is 17.0 Å². The Morgan fingerprint density at radius 3 is 2.33 bits per heavy atom. The average Bonchev–Trinajstić information content (AvgIpc) is 2.47. The average molecular weight is 447 g/mol. The van der Waals surface area contributed by atoms with E-state index in [9.17, 15) is 26.4 Å².